The predicted octanol–water partition coefficient (Wildman–Crippen LogP) is 2.23. The number of terminal acetylenes is 1. The summed E-state index contributed by atoms with van der Waals surface area (Å²) in [4.78, 5) is 6.65. The molecular formula is C12H12N2. The molecule has 0 aromatic heterocycles. The maximum absolute atomic E-state index is 5.33. The van der Waals surface area contributed by atoms with Crippen molar-refractivity contribution in [2.75, 3.05) is 18.0 Å². The largest absolute Gasteiger partial charge is 0.353 e. The predicted molar refractivity (Wildman–Crippen MR) is 60.3 cm³/mol. The lowest BCUT2D eigenvalue weighted by Gasteiger charge is -2.27. The van der Waals surface area contributed by atoms with Crippen LogP contribution in [0.15, 0.2) is 29.3 Å². The number of aliphatic imine (C=N–C) groups is 1. The van der Waals surface area contributed by atoms with E-state index in [1.54, 1.807) is 0 Å². The Labute approximate surface area is 84.3 Å². The highest BCUT2D eigenvalue weighted by molar-refractivity contribution is 5.94. The molecule has 2 rings (SSSR count). The van der Waals surface area contributed by atoms with Crippen molar-refractivity contribution in [3.8, 4) is 12.3 Å². The standard InChI is InChI=1S/C12H12N2/c1-3-8-14-9-10(2)13-11-6-4-5-7-12(11)14/h1,4-7H,8-9H2,2H3. The molecule has 0 radical (unpaired) electrons. The van der Waals surface area contributed by atoms with Gasteiger partial charge in [0.2, 0.25) is 0 Å². The second kappa shape index (κ2) is 3.55. The van der Waals surface area contributed by atoms with Crippen LogP contribution in [-0.4, -0.2) is 18.8 Å². The molecule has 1 heterocycles. The van der Waals surface area contributed by atoms with Crippen LogP contribution >= 0.6 is 0 Å². The van der Waals surface area contributed by atoms with E-state index in [2.05, 4.69) is 21.9 Å². The topological polar surface area (TPSA) is 15.6 Å². The fraction of sp³-hybridized carbons (Fsp3) is 0.250. The maximum Gasteiger partial charge on any atom is 0.0863 e. The van der Waals surface area contributed by atoms with Crippen molar-refractivity contribution < 1.29 is 0 Å². The molecule has 0 fully saturated rings. The summed E-state index contributed by atoms with van der Waals surface area (Å²) in [5.41, 5.74) is 3.27. The van der Waals surface area contributed by atoms with E-state index in [0.29, 0.717) is 6.54 Å². The zero-order chi connectivity index (χ0) is 9.97. The van der Waals surface area contributed by atoms with Crippen molar-refractivity contribution in [3.05, 3.63) is 24.3 Å². The number of para-hydroxylation sites is 2. The van der Waals surface area contributed by atoms with Gasteiger partial charge in [0.25, 0.3) is 0 Å². The van der Waals surface area contributed by atoms with Gasteiger partial charge in [0.1, 0.15) is 0 Å². The summed E-state index contributed by atoms with van der Waals surface area (Å²) in [5, 5.41) is 0. The summed E-state index contributed by atoms with van der Waals surface area (Å²) >= 11 is 0. The normalized spacial score (nSPS) is 14.3. The van der Waals surface area contributed by atoms with E-state index in [1.165, 1.54) is 0 Å². The Kier molecular flexibility index (Phi) is 2.24. The van der Waals surface area contributed by atoms with E-state index in [0.717, 1.165) is 23.6 Å². The SMILES string of the molecule is C#CCN1CC(C)=Nc2ccccc21. The monoisotopic (exact) mass is 184 g/mol. The van der Waals surface area contributed by atoms with Crippen molar-refractivity contribution in [3.63, 3.8) is 0 Å². The Bertz CT molecular complexity index is 413. The Morgan fingerprint density at radius 2 is 2.29 bits per heavy atom. The van der Waals surface area contributed by atoms with Crippen molar-refractivity contribution in [1.82, 2.24) is 0 Å². The molecule has 0 saturated heterocycles. The Hall–Kier alpha value is -1.75. The van der Waals surface area contributed by atoms with Crippen molar-refractivity contribution in [1.29, 1.82) is 0 Å². The molecule has 0 atom stereocenters. The van der Waals surface area contributed by atoms with Gasteiger partial charge < -0.3 is 4.90 Å². The third kappa shape index (κ3) is 1.49. The van der Waals surface area contributed by atoms with Crippen LogP contribution in [0.4, 0.5) is 11.4 Å². The van der Waals surface area contributed by atoms with E-state index in [4.69, 9.17) is 6.42 Å². The van der Waals surface area contributed by atoms with Gasteiger partial charge in [-0.2, -0.15) is 0 Å². The van der Waals surface area contributed by atoms with Crippen LogP contribution in [0, 0.1) is 12.3 Å². The molecule has 0 unspecified atom stereocenters. The zero-order valence-electron chi connectivity index (χ0n) is 8.20. The summed E-state index contributed by atoms with van der Waals surface area (Å²) in [6, 6.07) is 8.08. The Morgan fingerprint density at radius 1 is 1.50 bits per heavy atom. The third-order valence-corrected chi connectivity index (χ3v) is 2.24. The highest BCUT2D eigenvalue weighted by Crippen LogP contribution is 2.31. The fourth-order valence-electron chi connectivity index (χ4n) is 1.68. The molecule has 0 amide bonds. The van der Waals surface area contributed by atoms with Gasteiger partial charge in [-0.3, -0.25) is 4.99 Å². The summed E-state index contributed by atoms with van der Waals surface area (Å²) in [6.45, 7) is 3.50. The number of rotatable bonds is 1. The molecule has 0 aliphatic carbocycles. The number of fused-ring (bicyclic) bond motifs is 1. The van der Waals surface area contributed by atoms with Crippen LogP contribution in [-0.2, 0) is 0 Å². The summed E-state index contributed by atoms with van der Waals surface area (Å²) < 4.78 is 0. The fourth-order valence-corrected chi connectivity index (χ4v) is 1.68. The van der Waals surface area contributed by atoms with Crippen LogP contribution < -0.4 is 4.90 Å². The molecule has 70 valence electrons. The van der Waals surface area contributed by atoms with Crippen LogP contribution in [0.5, 0.6) is 0 Å². The highest BCUT2D eigenvalue weighted by atomic mass is 15.2. The second-order valence-corrected chi connectivity index (χ2v) is 3.40. The average Bonchev–Trinajstić information content (AvgIpc) is 2.18. The summed E-state index contributed by atoms with van der Waals surface area (Å²) in [5.74, 6) is 2.67. The molecule has 1 aromatic carbocycles. The molecule has 1 aromatic rings. The number of anilines is 1. The molecule has 0 bridgehead atoms. The van der Waals surface area contributed by atoms with Crippen LogP contribution in [0.1, 0.15) is 6.92 Å². The lowest BCUT2D eigenvalue weighted by atomic mass is 10.2. The lowest BCUT2D eigenvalue weighted by Crippen LogP contribution is -2.31. The molecular weight excluding hydrogens is 172 g/mol. The van der Waals surface area contributed by atoms with E-state index in [-0.39, 0.29) is 0 Å². The van der Waals surface area contributed by atoms with Gasteiger partial charge in [-0.05, 0) is 19.1 Å². The molecule has 0 N–H and O–H groups in total. The quantitative estimate of drug-likeness (QED) is 0.611. The molecule has 1 aliphatic rings. The first-order valence-electron chi connectivity index (χ1n) is 4.63. The molecule has 0 spiro atoms. The van der Waals surface area contributed by atoms with Crippen LogP contribution in [0.25, 0.3) is 0 Å². The maximum atomic E-state index is 5.33. The molecule has 0 saturated carbocycles. The van der Waals surface area contributed by atoms with Crippen LogP contribution in [0.2, 0.25) is 0 Å². The Balaban J connectivity index is 2.43. The highest BCUT2D eigenvalue weighted by Gasteiger charge is 2.15. The average molecular weight is 184 g/mol. The minimum atomic E-state index is 0.643. The summed E-state index contributed by atoms with van der Waals surface area (Å²) in [7, 11) is 0. The molecule has 2 heteroatoms. The van der Waals surface area contributed by atoms with Crippen molar-refractivity contribution in [2.45, 2.75) is 6.92 Å². The van der Waals surface area contributed by atoms with Gasteiger partial charge in [0.15, 0.2) is 0 Å². The molecule has 1 aliphatic heterocycles. The van der Waals surface area contributed by atoms with Crippen LogP contribution in [0.3, 0.4) is 0 Å². The van der Waals surface area contributed by atoms with E-state index in [9.17, 15) is 0 Å². The smallest absolute Gasteiger partial charge is 0.0863 e. The number of hydrogen-bond acceptors (Lipinski definition) is 2. The third-order valence-electron chi connectivity index (χ3n) is 2.24. The number of nitrogens with zero attached hydrogens (tertiary/aromatic N) is 2. The summed E-state index contributed by atoms with van der Waals surface area (Å²) in [6.07, 6.45) is 5.33. The van der Waals surface area contributed by atoms with E-state index in [1.807, 2.05) is 25.1 Å². The zero-order valence-corrected chi connectivity index (χ0v) is 8.20. The molecule has 2 nitrogen and oxygen atoms in total. The van der Waals surface area contributed by atoms with Crippen molar-refractivity contribution in [2.24, 2.45) is 4.99 Å². The molecule has 14 heavy (non-hydrogen) atoms. The number of hydrogen-bond donors (Lipinski definition) is 0. The van der Waals surface area contributed by atoms with Gasteiger partial charge in [-0.25, -0.2) is 0 Å². The first-order chi connectivity index (χ1) is 6.81. The first-order valence-corrected chi connectivity index (χ1v) is 4.63. The van der Waals surface area contributed by atoms with Gasteiger partial charge >= 0.3 is 0 Å². The Morgan fingerprint density at radius 3 is 3.07 bits per heavy atom. The number of benzene rings is 1. The minimum Gasteiger partial charge on any atom is -0.353 e. The lowest BCUT2D eigenvalue weighted by molar-refractivity contribution is 0.972. The van der Waals surface area contributed by atoms with Gasteiger partial charge in [-0.1, -0.05) is 18.1 Å². The minimum absolute atomic E-state index is 0.643. The van der Waals surface area contributed by atoms with Crippen molar-refractivity contribution >= 4 is 17.1 Å². The van der Waals surface area contributed by atoms with Gasteiger partial charge in [0.05, 0.1) is 24.5 Å². The van der Waals surface area contributed by atoms with Gasteiger partial charge in [-0.15, -0.1) is 6.42 Å². The second-order valence-electron chi connectivity index (χ2n) is 3.40. The van der Waals surface area contributed by atoms with Gasteiger partial charge in [0, 0.05) is 5.71 Å². The van der Waals surface area contributed by atoms with E-state index >= 15 is 0 Å². The first kappa shape index (κ1) is 8.83. The van der Waals surface area contributed by atoms with E-state index < -0.39 is 0 Å².